The van der Waals surface area contributed by atoms with Crippen molar-refractivity contribution in [1.29, 1.82) is 0 Å². The van der Waals surface area contributed by atoms with E-state index in [0.717, 1.165) is 32.5 Å². The van der Waals surface area contributed by atoms with Crippen molar-refractivity contribution in [3.8, 4) is 0 Å². The van der Waals surface area contributed by atoms with Crippen molar-refractivity contribution < 1.29 is 28.4 Å². The first-order valence-electron chi connectivity index (χ1n) is 10.4. The molecule has 3 saturated heterocycles. The summed E-state index contributed by atoms with van der Waals surface area (Å²) in [5.74, 6) is -1.26. The highest BCUT2D eigenvalue weighted by atomic mass is 16.8. The van der Waals surface area contributed by atoms with Gasteiger partial charge in [-0.05, 0) is 53.6 Å². The Labute approximate surface area is 163 Å². The zero-order chi connectivity index (χ0) is 19.7. The molecule has 158 valence electrons. The third-order valence-electron chi connectivity index (χ3n) is 5.22. The van der Waals surface area contributed by atoms with Crippen LogP contribution in [0.3, 0.4) is 0 Å². The highest BCUT2D eigenvalue weighted by Crippen LogP contribution is 2.41. The molecule has 0 spiro atoms. The van der Waals surface area contributed by atoms with Crippen molar-refractivity contribution in [1.82, 2.24) is 4.90 Å². The molecule has 3 heterocycles. The summed E-state index contributed by atoms with van der Waals surface area (Å²) in [6.07, 6.45) is 0.940. The number of hydrogen-bond acceptors (Lipinski definition) is 7. The fraction of sp³-hybridized carbons (Fsp3) is 1.00. The summed E-state index contributed by atoms with van der Waals surface area (Å²) < 4.78 is 36.3. The van der Waals surface area contributed by atoms with Crippen LogP contribution in [-0.2, 0) is 28.4 Å². The first-order valence-corrected chi connectivity index (χ1v) is 10.4. The fourth-order valence-electron chi connectivity index (χ4n) is 4.16. The van der Waals surface area contributed by atoms with E-state index in [2.05, 4.69) is 18.7 Å². The second kappa shape index (κ2) is 8.61. The first kappa shape index (κ1) is 21.4. The summed E-state index contributed by atoms with van der Waals surface area (Å²) >= 11 is 0. The molecular weight excluding hydrogens is 350 g/mol. The van der Waals surface area contributed by atoms with Gasteiger partial charge in [0.1, 0.15) is 24.4 Å². The van der Waals surface area contributed by atoms with Gasteiger partial charge < -0.3 is 33.3 Å². The molecule has 0 aromatic carbocycles. The normalized spacial score (nSPS) is 37.2. The minimum absolute atomic E-state index is 0.187. The van der Waals surface area contributed by atoms with Gasteiger partial charge in [-0.3, -0.25) is 0 Å². The zero-order valence-corrected chi connectivity index (χ0v) is 17.7. The molecule has 0 aliphatic carbocycles. The molecule has 0 aromatic heterocycles. The van der Waals surface area contributed by atoms with Crippen LogP contribution in [-0.4, -0.2) is 80.0 Å². The number of nitrogens with zero attached hydrogens (tertiary/aromatic N) is 1. The smallest absolute Gasteiger partial charge is 0.190 e. The molecule has 7 nitrogen and oxygen atoms in total. The number of ether oxygens (including phenoxy) is 6. The summed E-state index contributed by atoms with van der Waals surface area (Å²) in [6.45, 7) is 16.3. The lowest BCUT2D eigenvalue weighted by atomic mass is 10.1. The van der Waals surface area contributed by atoms with E-state index < -0.39 is 17.9 Å². The van der Waals surface area contributed by atoms with Crippen LogP contribution in [0.25, 0.3) is 0 Å². The Kier molecular flexibility index (Phi) is 6.84. The Hall–Kier alpha value is -0.280. The highest BCUT2D eigenvalue weighted by molar-refractivity contribution is 4.98. The Morgan fingerprint density at radius 2 is 1.59 bits per heavy atom. The SMILES string of the molecule is CCCN(CCC)CCO[C@@H]1C2OC(C)(C)OC2O[C@@H]1[C@H]1COC(C)(C)O1. The minimum Gasteiger partial charge on any atom is -0.371 e. The van der Waals surface area contributed by atoms with E-state index >= 15 is 0 Å². The maximum absolute atomic E-state index is 6.32. The van der Waals surface area contributed by atoms with Gasteiger partial charge in [0.15, 0.2) is 17.9 Å². The Bertz CT molecular complexity index is 479. The molecule has 0 N–H and O–H groups in total. The van der Waals surface area contributed by atoms with Crippen LogP contribution in [0.15, 0.2) is 0 Å². The van der Waals surface area contributed by atoms with Crippen LogP contribution in [0.4, 0.5) is 0 Å². The van der Waals surface area contributed by atoms with Crippen molar-refractivity contribution in [3.63, 3.8) is 0 Å². The van der Waals surface area contributed by atoms with Gasteiger partial charge in [-0.25, -0.2) is 0 Å². The Morgan fingerprint density at radius 3 is 2.19 bits per heavy atom. The molecule has 3 aliphatic heterocycles. The van der Waals surface area contributed by atoms with Gasteiger partial charge in [-0.1, -0.05) is 13.8 Å². The molecule has 0 saturated carbocycles. The summed E-state index contributed by atoms with van der Waals surface area (Å²) in [5, 5.41) is 0. The molecule has 0 bridgehead atoms. The molecule has 2 unspecified atom stereocenters. The van der Waals surface area contributed by atoms with Crippen LogP contribution < -0.4 is 0 Å². The standard InChI is InChI=1S/C20H37NO6/c1-7-9-21(10-8-2)11-12-22-16-15(14-13-23-19(3,4)25-14)24-18-17(16)26-20(5,6)27-18/h14-18H,7-13H2,1-6H3/t14-,15-,16+,17?,18?/m1/s1. The molecule has 27 heavy (non-hydrogen) atoms. The molecule has 0 radical (unpaired) electrons. The lowest BCUT2D eigenvalue weighted by Crippen LogP contribution is -2.45. The fourth-order valence-corrected chi connectivity index (χ4v) is 4.16. The van der Waals surface area contributed by atoms with Gasteiger partial charge in [-0.2, -0.15) is 0 Å². The van der Waals surface area contributed by atoms with Crippen LogP contribution in [0.5, 0.6) is 0 Å². The zero-order valence-electron chi connectivity index (χ0n) is 17.7. The monoisotopic (exact) mass is 387 g/mol. The highest BCUT2D eigenvalue weighted by Gasteiger charge is 2.58. The minimum atomic E-state index is -0.662. The van der Waals surface area contributed by atoms with E-state index in [9.17, 15) is 0 Å². The number of hydrogen-bond donors (Lipinski definition) is 0. The van der Waals surface area contributed by atoms with Gasteiger partial charge in [0, 0.05) is 6.54 Å². The number of fused-ring (bicyclic) bond motifs is 1. The molecule has 7 heteroatoms. The van der Waals surface area contributed by atoms with E-state index in [0.29, 0.717) is 13.2 Å². The van der Waals surface area contributed by atoms with Gasteiger partial charge in [0.25, 0.3) is 0 Å². The molecule has 3 aliphatic rings. The van der Waals surface area contributed by atoms with Crippen LogP contribution in [0, 0.1) is 0 Å². The lowest BCUT2D eigenvalue weighted by molar-refractivity contribution is -0.236. The predicted octanol–water partition coefficient (Wildman–Crippen LogP) is 2.52. The first-order chi connectivity index (χ1) is 12.7. The van der Waals surface area contributed by atoms with Gasteiger partial charge in [0.05, 0.1) is 13.2 Å². The average molecular weight is 388 g/mol. The third kappa shape index (κ3) is 5.21. The maximum atomic E-state index is 6.32. The van der Waals surface area contributed by atoms with E-state index in [-0.39, 0.29) is 24.4 Å². The average Bonchev–Trinajstić information content (AvgIpc) is 3.18. The van der Waals surface area contributed by atoms with Crippen molar-refractivity contribution in [2.45, 2.75) is 96.7 Å². The van der Waals surface area contributed by atoms with Crippen molar-refractivity contribution in [2.24, 2.45) is 0 Å². The Morgan fingerprint density at radius 1 is 0.889 bits per heavy atom. The molecule has 5 atom stereocenters. The quantitative estimate of drug-likeness (QED) is 0.602. The third-order valence-corrected chi connectivity index (χ3v) is 5.22. The van der Waals surface area contributed by atoms with E-state index in [4.69, 9.17) is 28.4 Å². The predicted molar refractivity (Wildman–Crippen MR) is 100 cm³/mol. The Balaban J connectivity index is 1.62. The summed E-state index contributed by atoms with van der Waals surface area (Å²) in [6, 6.07) is 0. The summed E-state index contributed by atoms with van der Waals surface area (Å²) in [4.78, 5) is 2.44. The van der Waals surface area contributed by atoms with Crippen LogP contribution in [0.2, 0.25) is 0 Å². The van der Waals surface area contributed by atoms with Crippen molar-refractivity contribution in [3.05, 3.63) is 0 Å². The summed E-state index contributed by atoms with van der Waals surface area (Å²) in [5.41, 5.74) is 0. The van der Waals surface area contributed by atoms with Crippen molar-refractivity contribution >= 4 is 0 Å². The summed E-state index contributed by atoms with van der Waals surface area (Å²) in [7, 11) is 0. The number of rotatable bonds is 9. The van der Waals surface area contributed by atoms with Crippen LogP contribution in [0.1, 0.15) is 54.4 Å². The van der Waals surface area contributed by atoms with E-state index in [1.165, 1.54) is 0 Å². The second-order valence-corrected chi connectivity index (χ2v) is 8.61. The molecule has 3 rings (SSSR count). The van der Waals surface area contributed by atoms with Gasteiger partial charge >= 0.3 is 0 Å². The van der Waals surface area contributed by atoms with Crippen molar-refractivity contribution in [2.75, 3.05) is 32.8 Å². The van der Waals surface area contributed by atoms with Gasteiger partial charge in [-0.15, -0.1) is 0 Å². The van der Waals surface area contributed by atoms with Crippen LogP contribution >= 0.6 is 0 Å². The second-order valence-electron chi connectivity index (χ2n) is 8.61. The lowest BCUT2D eigenvalue weighted by Gasteiger charge is -2.30. The molecule has 0 aromatic rings. The largest absolute Gasteiger partial charge is 0.371 e. The maximum Gasteiger partial charge on any atom is 0.190 e. The molecular formula is C20H37NO6. The van der Waals surface area contributed by atoms with E-state index in [1.54, 1.807) is 0 Å². The molecule has 3 fully saturated rings. The van der Waals surface area contributed by atoms with E-state index in [1.807, 2.05) is 27.7 Å². The molecule has 0 amide bonds. The van der Waals surface area contributed by atoms with Gasteiger partial charge in [0.2, 0.25) is 0 Å². The topological polar surface area (TPSA) is 58.6 Å².